The molecule has 2 aromatic heterocycles. The number of amides is 1. The zero-order chi connectivity index (χ0) is 22.6. The normalized spacial score (nSPS) is 24.6. The molecular formula is C21H22F2N6O2S. The molecule has 2 saturated heterocycles. The van der Waals surface area contributed by atoms with Gasteiger partial charge in [-0.1, -0.05) is 17.4 Å². The van der Waals surface area contributed by atoms with Crippen molar-refractivity contribution >= 4 is 27.9 Å². The van der Waals surface area contributed by atoms with Crippen LogP contribution in [0.15, 0.2) is 24.4 Å². The smallest absolute Gasteiger partial charge is 0.277 e. The molecule has 0 unspecified atom stereocenters. The number of anilines is 2. The Labute approximate surface area is 186 Å². The number of carbonyl (C=O) groups excluding carboxylic acids is 1. The fraction of sp³-hybridized carbons (Fsp3) is 0.381. The summed E-state index contributed by atoms with van der Waals surface area (Å²) in [6, 6.07) is 3.52. The van der Waals surface area contributed by atoms with Crippen molar-refractivity contribution in [2.45, 2.75) is 43.4 Å². The van der Waals surface area contributed by atoms with Gasteiger partial charge in [0.1, 0.15) is 27.2 Å². The largest absolute Gasteiger partial charge is 0.389 e. The molecule has 8 nitrogen and oxygen atoms in total. The van der Waals surface area contributed by atoms with Crippen molar-refractivity contribution in [3.8, 4) is 10.6 Å². The van der Waals surface area contributed by atoms with E-state index in [-0.39, 0.29) is 33.4 Å². The number of rotatable bonds is 4. The number of aryl methyl sites for hydroxylation is 1. The predicted molar refractivity (Wildman–Crippen MR) is 116 cm³/mol. The van der Waals surface area contributed by atoms with Gasteiger partial charge >= 0.3 is 0 Å². The van der Waals surface area contributed by atoms with Crippen molar-refractivity contribution < 1.29 is 18.3 Å². The minimum Gasteiger partial charge on any atom is -0.389 e. The Morgan fingerprint density at radius 3 is 2.78 bits per heavy atom. The fourth-order valence-corrected chi connectivity index (χ4v) is 5.58. The molecule has 0 aliphatic carbocycles. The SMILES string of the molecule is Cn1ncc(NC(=O)c2nc(-c3c(F)cccc3F)sc2N)c1[C@]12CC[C@H](N)[C@@H](CC1)O2. The van der Waals surface area contributed by atoms with Crippen LogP contribution in [0.25, 0.3) is 10.6 Å². The average molecular weight is 461 g/mol. The number of nitrogens with two attached hydrogens (primary N) is 2. The summed E-state index contributed by atoms with van der Waals surface area (Å²) in [6.45, 7) is 0. The summed E-state index contributed by atoms with van der Waals surface area (Å²) >= 11 is 0.849. The predicted octanol–water partition coefficient (Wildman–Crippen LogP) is 3.15. The maximum absolute atomic E-state index is 14.2. The number of fused-ring (bicyclic) bond motifs is 2. The van der Waals surface area contributed by atoms with Gasteiger partial charge in [0.25, 0.3) is 5.91 Å². The van der Waals surface area contributed by atoms with Crippen molar-refractivity contribution in [3.05, 3.63) is 47.4 Å². The Balaban J connectivity index is 1.45. The molecule has 3 aromatic rings. The summed E-state index contributed by atoms with van der Waals surface area (Å²) in [4.78, 5) is 17.1. The van der Waals surface area contributed by atoms with Gasteiger partial charge in [-0.25, -0.2) is 13.8 Å². The van der Waals surface area contributed by atoms with Gasteiger partial charge in [0.15, 0.2) is 5.69 Å². The van der Waals surface area contributed by atoms with Crippen LogP contribution in [-0.2, 0) is 17.4 Å². The highest BCUT2D eigenvalue weighted by atomic mass is 32.1. The second kappa shape index (κ2) is 7.61. The van der Waals surface area contributed by atoms with E-state index in [0.29, 0.717) is 5.69 Å². The Morgan fingerprint density at radius 2 is 2.03 bits per heavy atom. The topological polar surface area (TPSA) is 121 Å². The van der Waals surface area contributed by atoms with Crippen LogP contribution in [0.5, 0.6) is 0 Å². The van der Waals surface area contributed by atoms with E-state index in [4.69, 9.17) is 16.2 Å². The van der Waals surface area contributed by atoms with Gasteiger partial charge in [-0.3, -0.25) is 9.48 Å². The Bertz CT molecular complexity index is 1190. The number of hydrogen-bond acceptors (Lipinski definition) is 7. The summed E-state index contributed by atoms with van der Waals surface area (Å²) in [5, 5.41) is 7.18. The monoisotopic (exact) mass is 460 g/mol. The molecule has 5 rings (SSSR count). The number of nitrogens with one attached hydrogen (secondary N) is 1. The molecule has 32 heavy (non-hydrogen) atoms. The number of nitrogens with zero attached hydrogens (tertiary/aromatic N) is 3. The molecule has 2 bridgehead atoms. The lowest BCUT2D eigenvalue weighted by Gasteiger charge is -2.37. The molecule has 5 N–H and O–H groups in total. The van der Waals surface area contributed by atoms with Crippen LogP contribution in [0.2, 0.25) is 0 Å². The van der Waals surface area contributed by atoms with E-state index in [1.807, 2.05) is 0 Å². The summed E-state index contributed by atoms with van der Waals surface area (Å²) in [7, 11) is 1.79. The van der Waals surface area contributed by atoms with Crippen molar-refractivity contribution in [2.75, 3.05) is 11.1 Å². The Morgan fingerprint density at radius 1 is 1.31 bits per heavy atom. The molecule has 2 aliphatic heterocycles. The molecule has 0 radical (unpaired) electrons. The molecule has 4 heterocycles. The maximum atomic E-state index is 14.2. The van der Waals surface area contributed by atoms with Crippen molar-refractivity contribution in [1.82, 2.24) is 14.8 Å². The Hall–Kier alpha value is -2.89. The number of thiazole rings is 1. The molecule has 1 amide bonds. The first kappa shape index (κ1) is 21.0. The van der Waals surface area contributed by atoms with E-state index in [1.165, 1.54) is 6.07 Å². The molecule has 168 valence electrons. The van der Waals surface area contributed by atoms with Crippen LogP contribution >= 0.6 is 11.3 Å². The van der Waals surface area contributed by atoms with E-state index >= 15 is 0 Å². The van der Waals surface area contributed by atoms with Crippen LogP contribution in [0, 0.1) is 11.6 Å². The second-order valence-electron chi connectivity index (χ2n) is 8.20. The molecule has 2 aliphatic rings. The minimum atomic E-state index is -0.775. The number of hydrogen-bond donors (Lipinski definition) is 3. The summed E-state index contributed by atoms with van der Waals surface area (Å²) < 4.78 is 36.3. The highest BCUT2D eigenvalue weighted by molar-refractivity contribution is 7.19. The molecule has 3 atom stereocenters. The van der Waals surface area contributed by atoms with Crippen molar-refractivity contribution in [1.29, 1.82) is 0 Å². The van der Waals surface area contributed by atoms with E-state index in [1.54, 1.807) is 17.9 Å². The number of nitrogen functional groups attached to an aromatic ring is 1. The number of carbonyl (C=O) groups is 1. The van der Waals surface area contributed by atoms with Crippen LogP contribution < -0.4 is 16.8 Å². The van der Waals surface area contributed by atoms with E-state index in [2.05, 4.69) is 15.4 Å². The number of ether oxygens (including phenoxy) is 1. The van der Waals surface area contributed by atoms with Gasteiger partial charge < -0.3 is 21.5 Å². The van der Waals surface area contributed by atoms with Crippen molar-refractivity contribution in [3.63, 3.8) is 0 Å². The third-order valence-electron chi connectivity index (χ3n) is 6.23. The fourth-order valence-electron chi connectivity index (χ4n) is 4.70. The molecule has 1 aromatic carbocycles. The lowest BCUT2D eigenvalue weighted by atomic mass is 9.89. The highest BCUT2D eigenvalue weighted by Gasteiger charge is 2.50. The minimum absolute atomic E-state index is 0.00325. The Kier molecular flexibility index (Phi) is 4.99. The van der Waals surface area contributed by atoms with Gasteiger partial charge in [-0.15, -0.1) is 0 Å². The van der Waals surface area contributed by atoms with Crippen LogP contribution in [0.3, 0.4) is 0 Å². The van der Waals surface area contributed by atoms with Crippen molar-refractivity contribution in [2.24, 2.45) is 12.8 Å². The summed E-state index contributed by atoms with van der Waals surface area (Å²) in [5.74, 6) is -2.14. The third-order valence-corrected chi connectivity index (χ3v) is 7.13. The summed E-state index contributed by atoms with van der Waals surface area (Å²) in [5.41, 5.74) is 12.4. The van der Waals surface area contributed by atoms with Gasteiger partial charge in [0, 0.05) is 13.1 Å². The quantitative estimate of drug-likeness (QED) is 0.550. The highest BCUT2D eigenvalue weighted by Crippen LogP contribution is 2.49. The van der Waals surface area contributed by atoms with Gasteiger partial charge in [-0.05, 0) is 37.8 Å². The number of aromatic nitrogens is 3. The van der Waals surface area contributed by atoms with Crippen LogP contribution in [-0.4, -0.2) is 32.8 Å². The molecule has 11 heteroatoms. The molecule has 0 saturated carbocycles. The van der Waals surface area contributed by atoms with Crippen LogP contribution in [0.1, 0.15) is 41.9 Å². The van der Waals surface area contributed by atoms with E-state index in [0.717, 1.165) is 54.8 Å². The molecular weight excluding hydrogens is 438 g/mol. The number of benzene rings is 1. The number of halogens is 2. The molecule has 0 spiro atoms. The van der Waals surface area contributed by atoms with E-state index < -0.39 is 23.1 Å². The van der Waals surface area contributed by atoms with Crippen LogP contribution in [0.4, 0.5) is 19.5 Å². The lowest BCUT2D eigenvalue weighted by Crippen LogP contribution is -2.43. The van der Waals surface area contributed by atoms with Gasteiger partial charge in [-0.2, -0.15) is 5.10 Å². The second-order valence-corrected chi connectivity index (χ2v) is 9.24. The zero-order valence-corrected chi connectivity index (χ0v) is 18.1. The average Bonchev–Trinajstić information content (AvgIpc) is 3.42. The zero-order valence-electron chi connectivity index (χ0n) is 17.3. The first-order valence-corrected chi connectivity index (χ1v) is 11.1. The van der Waals surface area contributed by atoms with E-state index in [9.17, 15) is 13.6 Å². The third kappa shape index (κ3) is 3.28. The maximum Gasteiger partial charge on any atom is 0.277 e. The first-order valence-electron chi connectivity index (χ1n) is 10.3. The summed E-state index contributed by atoms with van der Waals surface area (Å²) in [6.07, 6.45) is 4.70. The standard InChI is InChI=1S/C21H22F2N6O2S/c1-29-17(21-7-5-12(24)14(31-21)6-8-21)13(9-26-29)27-19(30)16-18(25)32-20(28-16)15-10(22)3-2-4-11(15)23/h2-4,9,12,14H,5-8,24-25H2,1H3,(H,27,30)/t12-,14+,21-/m0/s1. The lowest BCUT2D eigenvalue weighted by molar-refractivity contribution is -0.0941. The molecule has 2 fully saturated rings. The van der Waals surface area contributed by atoms with Gasteiger partial charge in [0.2, 0.25) is 0 Å². The first-order chi connectivity index (χ1) is 15.3. The van der Waals surface area contributed by atoms with Gasteiger partial charge in [0.05, 0.1) is 29.2 Å².